The van der Waals surface area contributed by atoms with E-state index in [9.17, 15) is 9.18 Å². The second kappa shape index (κ2) is 9.75. The fraction of sp³-hybridized carbons (Fsp3) is 0.167. The Bertz CT molecular complexity index is 1140. The van der Waals surface area contributed by atoms with Crippen LogP contribution >= 0.6 is 0 Å². The topological polar surface area (TPSA) is 69.3 Å². The SMILES string of the molecule is O=C(CCc1ccc(-c2ccccc2F)o1)Nc1cccc(OCCn2cccn2)c1. The average molecular weight is 419 g/mol. The van der Waals surface area contributed by atoms with Gasteiger partial charge in [0.2, 0.25) is 5.91 Å². The summed E-state index contributed by atoms with van der Waals surface area (Å²) < 4.78 is 27.1. The zero-order valence-electron chi connectivity index (χ0n) is 16.8. The fourth-order valence-electron chi connectivity index (χ4n) is 3.13. The van der Waals surface area contributed by atoms with Crippen LogP contribution in [0.4, 0.5) is 10.1 Å². The van der Waals surface area contributed by atoms with Crippen LogP contribution in [0, 0.1) is 5.82 Å². The number of carbonyl (C=O) groups is 1. The van der Waals surface area contributed by atoms with E-state index in [-0.39, 0.29) is 18.1 Å². The Balaban J connectivity index is 1.27. The van der Waals surface area contributed by atoms with Crippen molar-refractivity contribution in [3.63, 3.8) is 0 Å². The van der Waals surface area contributed by atoms with Gasteiger partial charge in [-0.25, -0.2) is 4.39 Å². The number of ether oxygens (including phenoxy) is 1. The van der Waals surface area contributed by atoms with Gasteiger partial charge in [0, 0.05) is 37.0 Å². The molecule has 0 aliphatic rings. The number of amides is 1. The van der Waals surface area contributed by atoms with E-state index < -0.39 is 0 Å². The molecule has 4 aromatic rings. The van der Waals surface area contributed by atoms with Crippen LogP contribution in [0.3, 0.4) is 0 Å². The number of aryl methyl sites for hydroxylation is 1. The Morgan fingerprint density at radius 2 is 2.00 bits per heavy atom. The standard InChI is InChI=1S/C24H22FN3O3/c25-22-8-2-1-7-21(22)23-11-9-19(31-23)10-12-24(29)27-18-5-3-6-20(17-18)30-16-15-28-14-4-13-26-28/h1-9,11,13-14,17H,10,12,15-16H2,(H,27,29). The number of halogens is 1. The van der Waals surface area contributed by atoms with Crippen LogP contribution in [-0.4, -0.2) is 22.3 Å². The minimum atomic E-state index is -0.340. The Morgan fingerprint density at radius 3 is 2.84 bits per heavy atom. The van der Waals surface area contributed by atoms with E-state index in [1.165, 1.54) is 6.07 Å². The molecule has 0 aliphatic heterocycles. The third-order valence-electron chi connectivity index (χ3n) is 4.67. The number of rotatable bonds is 9. The summed E-state index contributed by atoms with van der Waals surface area (Å²) in [5, 5.41) is 6.99. The molecule has 2 aromatic carbocycles. The summed E-state index contributed by atoms with van der Waals surface area (Å²) in [6.07, 6.45) is 4.26. The van der Waals surface area contributed by atoms with Crippen molar-refractivity contribution in [3.05, 3.63) is 90.7 Å². The minimum absolute atomic E-state index is 0.141. The van der Waals surface area contributed by atoms with Crippen molar-refractivity contribution < 1.29 is 18.3 Å². The van der Waals surface area contributed by atoms with E-state index in [0.717, 1.165) is 0 Å². The van der Waals surface area contributed by atoms with Crippen molar-refractivity contribution in [1.82, 2.24) is 9.78 Å². The van der Waals surface area contributed by atoms with Gasteiger partial charge >= 0.3 is 0 Å². The summed E-state index contributed by atoms with van der Waals surface area (Å²) >= 11 is 0. The molecule has 6 nitrogen and oxygen atoms in total. The predicted molar refractivity (Wildman–Crippen MR) is 115 cm³/mol. The van der Waals surface area contributed by atoms with Crippen molar-refractivity contribution in [2.45, 2.75) is 19.4 Å². The average Bonchev–Trinajstić information content (AvgIpc) is 3.45. The molecular formula is C24H22FN3O3. The largest absolute Gasteiger partial charge is 0.492 e. The first-order valence-corrected chi connectivity index (χ1v) is 10.0. The van der Waals surface area contributed by atoms with E-state index >= 15 is 0 Å². The first kappa shape index (κ1) is 20.4. The highest BCUT2D eigenvalue weighted by Crippen LogP contribution is 2.25. The van der Waals surface area contributed by atoms with Crippen LogP contribution in [-0.2, 0) is 17.8 Å². The number of benzene rings is 2. The molecule has 0 radical (unpaired) electrons. The number of nitrogens with one attached hydrogen (secondary N) is 1. The normalized spacial score (nSPS) is 10.7. The predicted octanol–water partition coefficient (Wildman–Crippen LogP) is 4.93. The van der Waals surface area contributed by atoms with Gasteiger partial charge in [-0.05, 0) is 42.5 Å². The molecule has 1 N–H and O–H groups in total. The molecule has 0 atom stereocenters. The zero-order chi connectivity index (χ0) is 21.5. The van der Waals surface area contributed by atoms with Crippen LogP contribution < -0.4 is 10.1 Å². The Hall–Kier alpha value is -3.87. The second-order valence-electron chi connectivity index (χ2n) is 6.94. The number of nitrogens with zero attached hydrogens (tertiary/aromatic N) is 2. The minimum Gasteiger partial charge on any atom is -0.492 e. The second-order valence-corrected chi connectivity index (χ2v) is 6.94. The van der Waals surface area contributed by atoms with E-state index in [4.69, 9.17) is 9.15 Å². The highest BCUT2D eigenvalue weighted by atomic mass is 19.1. The number of aromatic nitrogens is 2. The molecule has 0 spiro atoms. The summed E-state index contributed by atoms with van der Waals surface area (Å²) in [7, 11) is 0. The first-order chi connectivity index (χ1) is 15.2. The van der Waals surface area contributed by atoms with Gasteiger partial charge in [0.1, 0.15) is 29.7 Å². The summed E-state index contributed by atoms with van der Waals surface area (Å²) in [6, 6.07) is 19.0. The molecule has 0 aliphatic carbocycles. The quantitative estimate of drug-likeness (QED) is 0.418. The van der Waals surface area contributed by atoms with Crippen LogP contribution in [0.15, 0.2) is 83.5 Å². The smallest absolute Gasteiger partial charge is 0.224 e. The van der Waals surface area contributed by atoms with Gasteiger partial charge in [0.25, 0.3) is 0 Å². The van der Waals surface area contributed by atoms with Gasteiger partial charge in [-0.1, -0.05) is 18.2 Å². The third-order valence-corrected chi connectivity index (χ3v) is 4.67. The maximum absolute atomic E-state index is 13.9. The van der Waals surface area contributed by atoms with E-state index in [2.05, 4.69) is 10.4 Å². The number of anilines is 1. The van der Waals surface area contributed by atoms with Crippen molar-refractivity contribution in [2.75, 3.05) is 11.9 Å². The number of furan rings is 1. The third kappa shape index (κ3) is 5.60. The number of hydrogen-bond acceptors (Lipinski definition) is 4. The summed E-state index contributed by atoms with van der Waals surface area (Å²) in [4.78, 5) is 12.3. The van der Waals surface area contributed by atoms with Gasteiger partial charge in [0.15, 0.2) is 0 Å². The van der Waals surface area contributed by atoms with Crippen LogP contribution in [0.5, 0.6) is 5.75 Å². The molecule has 4 rings (SSSR count). The molecule has 0 bridgehead atoms. The lowest BCUT2D eigenvalue weighted by molar-refractivity contribution is -0.116. The van der Waals surface area contributed by atoms with Crippen molar-refractivity contribution in [1.29, 1.82) is 0 Å². The molecule has 2 heterocycles. The number of hydrogen-bond donors (Lipinski definition) is 1. The van der Waals surface area contributed by atoms with Crippen molar-refractivity contribution in [2.24, 2.45) is 0 Å². The van der Waals surface area contributed by atoms with Gasteiger partial charge in [0.05, 0.1) is 12.1 Å². The lowest BCUT2D eigenvalue weighted by atomic mass is 10.1. The Labute approximate surface area is 179 Å². The van der Waals surface area contributed by atoms with E-state index in [1.807, 2.05) is 24.4 Å². The monoisotopic (exact) mass is 419 g/mol. The maximum Gasteiger partial charge on any atom is 0.224 e. The zero-order valence-corrected chi connectivity index (χ0v) is 16.8. The lowest BCUT2D eigenvalue weighted by Gasteiger charge is -2.09. The molecule has 0 fully saturated rings. The molecule has 0 saturated carbocycles. The summed E-state index contributed by atoms with van der Waals surface area (Å²) in [5.74, 6) is 1.27. The molecular weight excluding hydrogens is 397 g/mol. The maximum atomic E-state index is 13.9. The van der Waals surface area contributed by atoms with E-state index in [0.29, 0.717) is 48.1 Å². The lowest BCUT2D eigenvalue weighted by Crippen LogP contribution is -2.12. The van der Waals surface area contributed by atoms with Gasteiger partial charge in [-0.15, -0.1) is 0 Å². The highest BCUT2D eigenvalue weighted by Gasteiger charge is 2.11. The molecule has 31 heavy (non-hydrogen) atoms. The van der Waals surface area contributed by atoms with Gasteiger partial charge in [-0.2, -0.15) is 5.10 Å². The fourth-order valence-corrected chi connectivity index (χ4v) is 3.13. The van der Waals surface area contributed by atoms with Crippen LogP contribution in [0.1, 0.15) is 12.2 Å². The Kier molecular flexibility index (Phi) is 6.42. The molecule has 0 unspecified atom stereocenters. The molecule has 2 aromatic heterocycles. The highest BCUT2D eigenvalue weighted by molar-refractivity contribution is 5.91. The molecule has 1 amide bonds. The summed E-state index contributed by atoms with van der Waals surface area (Å²) in [5.41, 5.74) is 1.07. The molecule has 0 saturated heterocycles. The Morgan fingerprint density at radius 1 is 1.10 bits per heavy atom. The summed E-state index contributed by atoms with van der Waals surface area (Å²) in [6.45, 7) is 1.11. The van der Waals surface area contributed by atoms with Crippen LogP contribution in [0.2, 0.25) is 0 Å². The van der Waals surface area contributed by atoms with E-state index in [1.54, 1.807) is 53.3 Å². The van der Waals surface area contributed by atoms with Crippen molar-refractivity contribution >= 4 is 11.6 Å². The first-order valence-electron chi connectivity index (χ1n) is 10.0. The molecule has 158 valence electrons. The number of carbonyl (C=O) groups excluding carboxylic acids is 1. The van der Waals surface area contributed by atoms with Crippen molar-refractivity contribution in [3.8, 4) is 17.1 Å². The van der Waals surface area contributed by atoms with Gasteiger partial charge in [-0.3, -0.25) is 9.48 Å². The van der Waals surface area contributed by atoms with Crippen LogP contribution in [0.25, 0.3) is 11.3 Å². The molecule has 7 heteroatoms. The van der Waals surface area contributed by atoms with Gasteiger partial charge < -0.3 is 14.5 Å².